The first-order valence-electron chi connectivity index (χ1n) is 6.88. The second kappa shape index (κ2) is 6.72. The van der Waals surface area contributed by atoms with Crippen LogP contribution < -0.4 is 10.1 Å². The van der Waals surface area contributed by atoms with Gasteiger partial charge in [0.2, 0.25) is 0 Å². The summed E-state index contributed by atoms with van der Waals surface area (Å²) in [6.07, 6.45) is 2.00. The van der Waals surface area contributed by atoms with Crippen LogP contribution in [0.2, 0.25) is 0 Å². The standard InChI is InChI=1S/C15H21NO4/c1-15(5-8-19-9-6-15)16-7-10-20-13-4-2-3-12(11-13)14(17)18/h2-4,11,16H,5-10H2,1H3,(H,17,18). The number of benzene rings is 1. The van der Waals surface area contributed by atoms with Crippen molar-refractivity contribution in [3.8, 4) is 5.75 Å². The molecule has 1 aliphatic heterocycles. The number of nitrogens with one attached hydrogen (secondary N) is 1. The first-order valence-corrected chi connectivity index (χ1v) is 6.88. The maximum Gasteiger partial charge on any atom is 0.335 e. The third-order valence-electron chi connectivity index (χ3n) is 3.60. The monoisotopic (exact) mass is 279 g/mol. The molecule has 1 aromatic carbocycles. The van der Waals surface area contributed by atoms with Crippen LogP contribution in [0.3, 0.4) is 0 Å². The predicted molar refractivity (Wildman–Crippen MR) is 75.4 cm³/mol. The molecule has 110 valence electrons. The van der Waals surface area contributed by atoms with E-state index in [9.17, 15) is 4.79 Å². The summed E-state index contributed by atoms with van der Waals surface area (Å²) in [5.41, 5.74) is 0.358. The van der Waals surface area contributed by atoms with Gasteiger partial charge in [0, 0.05) is 25.3 Å². The highest BCUT2D eigenvalue weighted by Crippen LogP contribution is 2.19. The average molecular weight is 279 g/mol. The molecular formula is C15H21NO4. The number of carboxylic acid groups (broad SMARTS) is 1. The predicted octanol–water partition coefficient (Wildman–Crippen LogP) is 1.92. The lowest BCUT2D eigenvalue weighted by atomic mass is 9.93. The van der Waals surface area contributed by atoms with Crippen LogP contribution in [-0.2, 0) is 4.74 Å². The highest BCUT2D eigenvalue weighted by atomic mass is 16.5. The number of hydrogen-bond donors (Lipinski definition) is 2. The lowest BCUT2D eigenvalue weighted by Gasteiger charge is -2.34. The minimum Gasteiger partial charge on any atom is -0.492 e. The molecule has 20 heavy (non-hydrogen) atoms. The normalized spacial score (nSPS) is 17.6. The summed E-state index contributed by atoms with van der Waals surface area (Å²) in [6.45, 7) is 5.03. The van der Waals surface area contributed by atoms with E-state index in [-0.39, 0.29) is 11.1 Å². The lowest BCUT2D eigenvalue weighted by molar-refractivity contribution is 0.0440. The van der Waals surface area contributed by atoms with Crippen molar-refractivity contribution >= 4 is 5.97 Å². The summed E-state index contributed by atoms with van der Waals surface area (Å²) in [7, 11) is 0. The molecule has 1 aromatic rings. The van der Waals surface area contributed by atoms with Crippen molar-refractivity contribution in [3.05, 3.63) is 29.8 Å². The summed E-state index contributed by atoms with van der Waals surface area (Å²) >= 11 is 0. The molecule has 0 radical (unpaired) electrons. The Kier molecular flexibility index (Phi) is 4.98. The Hall–Kier alpha value is -1.59. The number of aromatic carboxylic acids is 1. The molecule has 0 saturated carbocycles. The van der Waals surface area contributed by atoms with Gasteiger partial charge in [-0.25, -0.2) is 4.79 Å². The lowest BCUT2D eigenvalue weighted by Crippen LogP contribution is -2.48. The van der Waals surface area contributed by atoms with E-state index in [1.165, 1.54) is 0 Å². The first kappa shape index (κ1) is 14.8. The zero-order chi connectivity index (χ0) is 14.4. The molecule has 0 spiro atoms. The Bertz CT molecular complexity index is 455. The molecule has 1 heterocycles. The van der Waals surface area contributed by atoms with Gasteiger partial charge in [0.05, 0.1) is 5.56 Å². The molecule has 5 heteroatoms. The van der Waals surface area contributed by atoms with Crippen molar-refractivity contribution in [2.45, 2.75) is 25.3 Å². The van der Waals surface area contributed by atoms with Gasteiger partial charge in [-0.2, -0.15) is 0 Å². The van der Waals surface area contributed by atoms with Gasteiger partial charge in [0.1, 0.15) is 12.4 Å². The van der Waals surface area contributed by atoms with Gasteiger partial charge in [0.25, 0.3) is 0 Å². The van der Waals surface area contributed by atoms with Gasteiger partial charge in [0.15, 0.2) is 0 Å². The Morgan fingerprint density at radius 2 is 2.20 bits per heavy atom. The number of carboxylic acids is 1. The van der Waals surface area contributed by atoms with Crippen molar-refractivity contribution in [1.29, 1.82) is 0 Å². The Balaban J connectivity index is 1.75. The summed E-state index contributed by atoms with van der Waals surface area (Å²) in [5, 5.41) is 12.4. The Morgan fingerprint density at radius 1 is 1.45 bits per heavy atom. The first-order chi connectivity index (χ1) is 9.59. The highest BCUT2D eigenvalue weighted by Gasteiger charge is 2.26. The third kappa shape index (κ3) is 4.21. The van der Waals surface area contributed by atoms with E-state index in [0.717, 1.165) is 32.6 Å². The highest BCUT2D eigenvalue weighted by molar-refractivity contribution is 5.87. The van der Waals surface area contributed by atoms with Crippen LogP contribution in [0.15, 0.2) is 24.3 Å². The molecule has 0 aliphatic carbocycles. The van der Waals surface area contributed by atoms with E-state index in [1.54, 1.807) is 24.3 Å². The van der Waals surface area contributed by atoms with Gasteiger partial charge in [-0.05, 0) is 38.0 Å². The third-order valence-corrected chi connectivity index (χ3v) is 3.60. The Labute approximate surface area is 118 Å². The topological polar surface area (TPSA) is 67.8 Å². The number of hydrogen-bond acceptors (Lipinski definition) is 4. The molecule has 2 N–H and O–H groups in total. The second-order valence-corrected chi connectivity index (χ2v) is 5.28. The molecule has 2 rings (SSSR count). The van der Waals surface area contributed by atoms with Crippen LogP contribution in [0.25, 0.3) is 0 Å². The molecule has 0 aromatic heterocycles. The van der Waals surface area contributed by atoms with Gasteiger partial charge in [-0.3, -0.25) is 0 Å². The molecule has 1 aliphatic rings. The van der Waals surface area contributed by atoms with Crippen LogP contribution in [0.1, 0.15) is 30.1 Å². The van der Waals surface area contributed by atoms with Crippen LogP contribution in [-0.4, -0.2) is 43.0 Å². The Morgan fingerprint density at radius 3 is 2.90 bits per heavy atom. The van der Waals surface area contributed by atoms with Gasteiger partial charge < -0.3 is 19.9 Å². The fourth-order valence-corrected chi connectivity index (χ4v) is 2.24. The zero-order valence-corrected chi connectivity index (χ0v) is 11.7. The van der Waals surface area contributed by atoms with Crippen LogP contribution in [0.5, 0.6) is 5.75 Å². The summed E-state index contributed by atoms with van der Waals surface area (Å²) in [5.74, 6) is -0.355. The molecule has 0 atom stereocenters. The van der Waals surface area contributed by atoms with Crippen molar-refractivity contribution in [2.75, 3.05) is 26.4 Å². The molecular weight excluding hydrogens is 258 g/mol. The maximum atomic E-state index is 10.9. The van der Waals surface area contributed by atoms with Gasteiger partial charge in [-0.1, -0.05) is 6.07 Å². The fraction of sp³-hybridized carbons (Fsp3) is 0.533. The van der Waals surface area contributed by atoms with Crippen molar-refractivity contribution in [2.24, 2.45) is 0 Å². The fourth-order valence-electron chi connectivity index (χ4n) is 2.24. The van der Waals surface area contributed by atoms with E-state index in [2.05, 4.69) is 12.2 Å². The van der Waals surface area contributed by atoms with Crippen molar-refractivity contribution < 1.29 is 19.4 Å². The van der Waals surface area contributed by atoms with E-state index in [0.29, 0.717) is 12.4 Å². The number of rotatable bonds is 6. The maximum absolute atomic E-state index is 10.9. The largest absolute Gasteiger partial charge is 0.492 e. The van der Waals surface area contributed by atoms with Crippen LogP contribution in [0.4, 0.5) is 0 Å². The van der Waals surface area contributed by atoms with Crippen molar-refractivity contribution in [1.82, 2.24) is 5.32 Å². The molecule has 0 unspecified atom stereocenters. The van der Waals surface area contributed by atoms with Crippen molar-refractivity contribution in [3.63, 3.8) is 0 Å². The molecule has 1 saturated heterocycles. The summed E-state index contributed by atoms with van der Waals surface area (Å²) in [6, 6.07) is 6.55. The molecule has 1 fully saturated rings. The second-order valence-electron chi connectivity index (χ2n) is 5.28. The van der Waals surface area contributed by atoms with Crippen LogP contribution >= 0.6 is 0 Å². The van der Waals surface area contributed by atoms with Gasteiger partial charge in [-0.15, -0.1) is 0 Å². The van der Waals surface area contributed by atoms with E-state index >= 15 is 0 Å². The zero-order valence-electron chi connectivity index (χ0n) is 11.7. The smallest absolute Gasteiger partial charge is 0.335 e. The summed E-state index contributed by atoms with van der Waals surface area (Å²) in [4.78, 5) is 10.9. The van der Waals surface area contributed by atoms with E-state index < -0.39 is 5.97 Å². The number of carbonyl (C=O) groups is 1. The minimum absolute atomic E-state index is 0.116. The van der Waals surface area contributed by atoms with E-state index in [4.69, 9.17) is 14.6 Å². The SMILES string of the molecule is CC1(NCCOc2cccc(C(=O)O)c2)CCOCC1. The summed E-state index contributed by atoms with van der Waals surface area (Å²) < 4.78 is 10.9. The number of ether oxygens (including phenoxy) is 2. The van der Waals surface area contributed by atoms with E-state index in [1.807, 2.05) is 0 Å². The quantitative estimate of drug-likeness (QED) is 0.779. The van der Waals surface area contributed by atoms with Gasteiger partial charge >= 0.3 is 5.97 Å². The molecule has 0 amide bonds. The molecule has 5 nitrogen and oxygen atoms in total. The molecule has 0 bridgehead atoms. The minimum atomic E-state index is -0.941. The average Bonchev–Trinajstić information content (AvgIpc) is 2.45. The van der Waals surface area contributed by atoms with Crippen LogP contribution in [0, 0.1) is 0 Å².